The molecule has 2 aromatic carbocycles. The summed E-state index contributed by atoms with van der Waals surface area (Å²) in [6.07, 6.45) is 0.826. The Balaban J connectivity index is 1.95. The van der Waals surface area contributed by atoms with Gasteiger partial charge in [0, 0.05) is 23.3 Å². The largest absolute Gasteiger partial charge is 0.497 e. The fraction of sp³-hybridized carbons (Fsp3) is 0.400. The van der Waals surface area contributed by atoms with E-state index in [1.807, 2.05) is 31.2 Å². The molecule has 3 rings (SSSR count). The lowest BCUT2D eigenvalue weighted by atomic mass is 10.1. The molecule has 5 nitrogen and oxygen atoms in total. The van der Waals surface area contributed by atoms with Gasteiger partial charge in [-0.05, 0) is 69.3 Å². The minimum atomic E-state index is -0.281. The van der Waals surface area contributed by atoms with Crippen LogP contribution in [0.2, 0.25) is 0 Å². The Labute approximate surface area is 179 Å². The Morgan fingerprint density at radius 2 is 1.83 bits per heavy atom. The van der Waals surface area contributed by atoms with E-state index in [0.29, 0.717) is 12.2 Å². The van der Waals surface area contributed by atoms with E-state index in [9.17, 15) is 4.79 Å². The summed E-state index contributed by atoms with van der Waals surface area (Å²) in [5, 5.41) is 0.849. The Morgan fingerprint density at radius 3 is 2.50 bits per heavy atom. The van der Waals surface area contributed by atoms with Crippen molar-refractivity contribution < 1.29 is 14.3 Å². The third-order valence-electron chi connectivity index (χ3n) is 5.62. The highest BCUT2D eigenvalue weighted by Gasteiger charge is 2.22. The molecule has 0 spiro atoms. The van der Waals surface area contributed by atoms with Gasteiger partial charge in [0.05, 0.1) is 24.8 Å². The summed E-state index contributed by atoms with van der Waals surface area (Å²) in [6.45, 7) is 11.7. The van der Waals surface area contributed by atoms with Crippen molar-refractivity contribution in [2.24, 2.45) is 0 Å². The van der Waals surface area contributed by atoms with Gasteiger partial charge in [-0.1, -0.05) is 26.0 Å². The molecule has 0 amide bonds. The van der Waals surface area contributed by atoms with Gasteiger partial charge in [-0.3, -0.25) is 0 Å². The molecule has 1 heterocycles. The summed E-state index contributed by atoms with van der Waals surface area (Å²) in [4.78, 5) is 15.4. The predicted octanol–water partition coefficient (Wildman–Crippen LogP) is 5.14. The maximum absolute atomic E-state index is 13.1. The molecular weight excluding hydrogens is 376 g/mol. The maximum Gasteiger partial charge on any atom is 0.340 e. The molecule has 0 bridgehead atoms. The molecule has 0 aliphatic heterocycles. The van der Waals surface area contributed by atoms with Crippen LogP contribution in [0.5, 0.6) is 5.75 Å². The number of rotatable bonds is 9. The van der Waals surface area contributed by atoms with Gasteiger partial charge in [0.1, 0.15) is 5.75 Å². The van der Waals surface area contributed by atoms with Crippen LogP contribution in [0, 0.1) is 13.8 Å². The number of ether oxygens (including phenoxy) is 2. The lowest BCUT2D eigenvalue weighted by Gasteiger charge is -2.17. The van der Waals surface area contributed by atoms with Gasteiger partial charge in [0.2, 0.25) is 0 Å². The van der Waals surface area contributed by atoms with Crippen LogP contribution in [0.15, 0.2) is 42.5 Å². The van der Waals surface area contributed by atoms with Gasteiger partial charge < -0.3 is 18.9 Å². The number of esters is 1. The van der Waals surface area contributed by atoms with E-state index < -0.39 is 0 Å². The second-order valence-electron chi connectivity index (χ2n) is 7.53. The average molecular weight is 409 g/mol. The lowest BCUT2D eigenvalue weighted by Crippen LogP contribution is -2.25. The molecule has 160 valence electrons. The number of aryl methyl sites for hydroxylation is 1. The third-order valence-corrected chi connectivity index (χ3v) is 5.62. The SMILES string of the molecule is CCN(CC)CCCOC(=O)c1c(C)n(-c2cccc(C)c2)c2ccc(OC)cc12. The zero-order valence-corrected chi connectivity index (χ0v) is 18.7. The number of hydrogen-bond acceptors (Lipinski definition) is 4. The summed E-state index contributed by atoms with van der Waals surface area (Å²) in [5.41, 5.74) is 4.64. The molecule has 0 aliphatic carbocycles. The van der Waals surface area contributed by atoms with Crippen molar-refractivity contribution >= 4 is 16.9 Å². The number of fused-ring (bicyclic) bond motifs is 1. The molecule has 5 heteroatoms. The highest BCUT2D eigenvalue weighted by Crippen LogP contribution is 2.32. The van der Waals surface area contributed by atoms with E-state index in [4.69, 9.17) is 9.47 Å². The zero-order valence-electron chi connectivity index (χ0n) is 18.7. The molecule has 0 aliphatic rings. The van der Waals surface area contributed by atoms with Crippen LogP contribution < -0.4 is 4.74 Å². The Kier molecular flexibility index (Phi) is 7.16. The van der Waals surface area contributed by atoms with E-state index >= 15 is 0 Å². The van der Waals surface area contributed by atoms with Gasteiger partial charge >= 0.3 is 5.97 Å². The molecule has 3 aromatic rings. The molecule has 0 radical (unpaired) electrons. The van der Waals surface area contributed by atoms with Crippen LogP contribution in [0.4, 0.5) is 0 Å². The fourth-order valence-electron chi connectivity index (χ4n) is 3.95. The van der Waals surface area contributed by atoms with Crippen LogP contribution in [0.3, 0.4) is 0 Å². The zero-order chi connectivity index (χ0) is 21.7. The smallest absolute Gasteiger partial charge is 0.340 e. The fourth-order valence-corrected chi connectivity index (χ4v) is 3.95. The predicted molar refractivity (Wildman–Crippen MR) is 122 cm³/mol. The molecule has 1 aromatic heterocycles. The number of carbonyl (C=O) groups excluding carboxylic acids is 1. The Hall–Kier alpha value is -2.79. The highest BCUT2D eigenvalue weighted by molar-refractivity contribution is 6.07. The normalized spacial score (nSPS) is 11.3. The quantitative estimate of drug-likeness (QED) is 0.363. The minimum Gasteiger partial charge on any atom is -0.497 e. The first-order chi connectivity index (χ1) is 14.5. The molecule has 0 saturated carbocycles. The second-order valence-corrected chi connectivity index (χ2v) is 7.53. The van der Waals surface area contributed by atoms with Gasteiger partial charge in [0.25, 0.3) is 0 Å². The van der Waals surface area contributed by atoms with Crippen molar-refractivity contribution in [1.82, 2.24) is 9.47 Å². The first kappa shape index (κ1) is 21.9. The van der Waals surface area contributed by atoms with Crippen molar-refractivity contribution in [2.75, 3.05) is 33.4 Å². The number of benzene rings is 2. The maximum atomic E-state index is 13.1. The molecule has 0 saturated heterocycles. The molecule has 0 unspecified atom stereocenters. The topological polar surface area (TPSA) is 43.7 Å². The summed E-state index contributed by atoms with van der Waals surface area (Å²) in [6, 6.07) is 14.1. The van der Waals surface area contributed by atoms with E-state index in [1.54, 1.807) is 7.11 Å². The van der Waals surface area contributed by atoms with Crippen LogP contribution >= 0.6 is 0 Å². The van der Waals surface area contributed by atoms with Crippen molar-refractivity contribution in [2.45, 2.75) is 34.1 Å². The lowest BCUT2D eigenvalue weighted by molar-refractivity contribution is 0.0491. The van der Waals surface area contributed by atoms with E-state index in [1.165, 1.54) is 5.56 Å². The molecular formula is C25H32N2O3. The Bertz CT molecular complexity index is 1020. The van der Waals surface area contributed by atoms with Gasteiger partial charge in [-0.2, -0.15) is 0 Å². The van der Waals surface area contributed by atoms with E-state index in [-0.39, 0.29) is 5.97 Å². The second kappa shape index (κ2) is 9.81. The molecule has 0 N–H and O–H groups in total. The number of carbonyl (C=O) groups is 1. The minimum absolute atomic E-state index is 0.281. The average Bonchev–Trinajstić information content (AvgIpc) is 3.04. The highest BCUT2D eigenvalue weighted by atomic mass is 16.5. The number of methoxy groups -OCH3 is 1. The molecule has 30 heavy (non-hydrogen) atoms. The summed E-state index contributed by atoms with van der Waals surface area (Å²) >= 11 is 0. The number of aromatic nitrogens is 1. The first-order valence-electron chi connectivity index (χ1n) is 10.7. The van der Waals surface area contributed by atoms with Gasteiger partial charge in [-0.15, -0.1) is 0 Å². The molecule has 0 atom stereocenters. The van der Waals surface area contributed by atoms with Crippen LogP contribution in [-0.2, 0) is 4.74 Å². The van der Waals surface area contributed by atoms with Crippen molar-refractivity contribution in [1.29, 1.82) is 0 Å². The van der Waals surface area contributed by atoms with Crippen molar-refractivity contribution in [3.05, 3.63) is 59.3 Å². The van der Waals surface area contributed by atoms with Gasteiger partial charge in [0.15, 0.2) is 0 Å². The number of nitrogens with zero attached hydrogens (tertiary/aromatic N) is 2. The van der Waals surface area contributed by atoms with Crippen molar-refractivity contribution in [3.63, 3.8) is 0 Å². The molecule has 0 fully saturated rings. The van der Waals surface area contributed by atoms with Crippen LogP contribution in [0.25, 0.3) is 16.6 Å². The van der Waals surface area contributed by atoms with Crippen LogP contribution in [-0.4, -0.2) is 48.8 Å². The monoisotopic (exact) mass is 408 g/mol. The summed E-state index contributed by atoms with van der Waals surface area (Å²) in [7, 11) is 1.64. The van der Waals surface area contributed by atoms with Gasteiger partial charge in [-0.25, -0.2) is 4.79 Å². The Morgan fingerprint density at radius 1 is 1.07 bits per heavy atom. The third kappa shape index (κ3) is 4.51. The first-order valence-corrected chi connectivity index (χ1v) is 10.7. The standard InChI is InChI=1S/C25H32N2O3/c1-6-26(7-2)14-9-15-30-25(28)24-19(4)27(20-11-8-10-18(3)16-20)23-13-12-21(29-5)17-22(23)24/h8,10-13,16-17H,6-7,9,14-15H2,1-5H3. The summed E-state index contributed by atoms with van der Waals surface area (Å²) in [5.74, 6) is 0.441. The van der Waals surface area contributed by atoms with Crippen LogP contribution in [0.1, 0.15) is 41.9 Å². The van der Waals surface area contributed by atoms with E-state index in [0.717, 1.165) is 54.1 Å². The van der Waals surface area contributed by atoms with E-state index in [2.05, 4.69) is 48.4 Å². The summed E-state index contributed by atoms with van der Waals surface area (Å²) < 4.78 is 13.2. The van der Waals surface area contributed by atoms with Crippen molar-refractivity contribution in [3.8, 4) is 11.4 Å². The number of hydrogen-bond donors (Lipinski definition) is 0.